The van der Waals surface area contributed by atoms with Crippen molar-refractivity contribution in [2.24, 2.45) is 5.92 Å². The molecule has 0 aliphatic carbocycles. The molecule has 2 heterocycles. The van der Waals surface area contributed by atoms with E-state index in [2.05, 4.69) is 43.4 Å². The summed E-state index contributed by atoms with van der Waals surface area (Å²) in [5.74, 6) is 1.33. The third-order valence-corrected chi connectivity index (χ3v) is 5.22. The number of ether oxygens (including phenoxy) is 1. The Kier molecular flexibility index (Phi) is 2.74. The molecule has 0 radical (unpaired) electrons. The van der Waals surface area contributed by atoms with E-state index in [1.54, 1.807) is 0 Å². The Bertz CT molecular complexity index is 710. The molecule has 2 nitrogen and oxygen atoms in total. The van der Waals surface area contributed by atoms with E-state index in [9.17, 15) is 0 Å². The first-order chi connectivity index (χ1) is 10.1. The fourth-order valence-electron chi connectivity index (χ4n) is 3.73. The van der Waals surface area contributed by atoms with Gasteiger partial charge in [0.05, 0.1) is 12.6 Å². The number of benzene rings is 2. The lowest BCUT2D eigenvalue weighted by molar-refractivity contribution is 0.136. The van der Waals surface area contributed by atoms with E-state index in [0.29, 0.717) is 5.92 Å². The highest BCUT2D eigenvalue weighted by Crippen LogP contribution is 2.52. The van der Waals surface area contributed by atoms with E-state index in [0.717, 1.165) is 17.4 Å². The van der Waals surface area contributed by atoms with Crippen LogP contribution in [0.15, 0.2) is 42.5 Å². The minimum atomic E-state index is 0.0620. The van der Waals surface area contributed by atoms with Crippen LogP contribution in [0, 0.1) is 5.92 Å². The van der Waals surface area contributed by atoms with Gasteiger partial charge >= 0.3 is 0 Å². The smallest absolute Gasteiger partial charge is 0.124 e. The van der Waals surface area contributed by atoms with Crippen LogP contribution in [0.5, 0.6) is 5.75 Å². The molecule has 0 fully saturated rings. The van der Waals surface area contributed by atoms with Gasteiger partial charge in [-0.05, 0) is 29.8 Å². The van der Waals surface area contributed by atoms with Crippen molar-refractivity contribution in [3.05, 3.63) is 58.6 Å². The summed E-state index contributed by atoms with van der Waals surface area (Å²) in [6.45, 7) is 5.35. The number of halogens is 1. The van der Waals surface area contributed by atoms with Gasteiger partial charge in [0.15, 0.2) is 0 Å². The Hall–Kier alpha value is -1.67. The minimum absolute atomic E-state index is 0.0620. The van der Waals surface area contributed by atoms with Crippen LogP contribution in [0.4, 0.5) is 5.69 Å². The molecule has 0 unspecified atom stereocenters. The molecule has 21 heavy (non-hydrogen) atoms. The first-order valence-electron chi connectivity index (χ1n) is 7.35. The minimum Gasteiger partial charge on any atom is -0.493 e. The average Bonchev–Trinajstić information content (AvgIpc) is 2.47. The number of rotatable bonds is 0. The largest absolute Gasteiger partial charge is 0.493 e. The second-order valence-electron chi connectivity index (χ2n) is 6.49. The molecule has 0 saturated heterocycles. The molecule has 0 spiro atoms. The molecule has 1 N–H and O–H groups in total. The Morgan fingerprint density at radius 3 is 2.86 bits per heavy atom. The standard InChI is InChI=1S/C18H18ClNO/c1-18(2)13-5-3-4-6-15(13)20-17-12-9-11(19)7-8-16(12)21-10-14(17)18/h3-9,14,17,20H,10H2,1-2H3/t14-,17-/m1/s1. The summed E-state index contributed by atoms with van der Waals surface area (Å²) in [6, 6.07) is 14.7. The quantitative estimate of drug-likeness (QED) is 0.755. The number of hydrogen-bond donors (Lipinski definition) is 1. The van der Waals surface area contributed by atoms with Gasteiger partial charge in [-0.3, -0.25) is 0 Å². The van der Waals surface area contributed by atoms with Crippen LogP contribution in [0.3, 0.4) is 0 Å². The Labute approximate surface area is 130 Å². The molecule has 2 aromatic carbocycles. The van der Waals surface area contributed by atoms with Crippen molar-refractivity contribution in [2.45, 2.75) is 25.3 Å². The van der Waals surface area contributed by atoms with E-state index in [4.69, 9.17) is 16.3 Å². The molecule has 0 bridgehead atoms. The van der Waals surface area contributed by atoms with Gasteiger partial charge in [0.2, 0.25) is 0 Å². The van der Waals surface area contributed by atoms with Gasteiger partial charge in [-0.25, -0.2) is 0 Å². The van der Waals surface area contributed by atoms with Crippen LogP contribution in [0.2, 0.25) is 5.02 Å². The Balaban J connectivity index is 1.88. The second-order valence-corrected chi connectivity index (χ2v) is 6.93. The molecular formula is C18H18ClNO. The van der Waals surface area contributed by atoms with E-state index < -0.39 is 0 Å². The zero-order chi connectivity index (χ0) is 14.6. The van der Waals surface area contributed by atoms with E-state index in [1.807, 2.05) is 18.2 Å². The van der Waals surface area contributed by atoms with Crippen molar-refractivity contribution in [1.82, 2.24) is 0 Å². The van der Waals surface area contributed by atoms with Crippen LogP contribution in [-0.4, -0.2) is 6.61 Å². The molecule has 4 rings (SSSR count). The number of fused-ring (bicyclic) bond motifs is 4. The van der Waals surface area contributed by atoms with Crippen molar-refractivity contribution < 1.29 is 4.74 Å². The van der Waals surface area contributed by atoms with E-state index >= 15 is 0 Å². The van der Waals surface area contributed by atoms with Gasteiger partial charge in [0.25, 0.3) is 0 Å². The van der Waals surface area contributed by atoms with Crippen molar-refractivity contribution in [1.29, 1.82) is 0 Å². The molecule has 2 aliphatic heterocycles. The van der Waals surface area contributed by atoms with Crippen LogP contribution in [0.1, 0.15) is 31.0 Å². The van der Waals surface area contributed by atoms with Gasteiger partial charge in [0, 0.05) is 27.6 Å². The number of hydrogen-bond acceptors (Lipinski definition) is 2. The normalized spacial score (nSPS) is 24.9. The summed E-state index contributed by atoms with van der Waals surface area (Å²) in [5, 5.41) is 4.46. The topological polar surface area (TPSA) is 21.3 Å². The van der Waals surface area contributed by atoms with E-state index in [1.165, 1.54) is 16.8 Å². The van der Waals surface area contributed by atoms with Gasteiger partial charge in [-0.15, -0.1) is 0 Å². The van der Waals surface area contributed by atoms with Crippen LogP contribution >= 0.6 is 11.6 Å². The molecule has 2 aliphatic rings. The summed E-state index contributed by atoms with van der Waals surface area (Å²) >= 11 is 6.20. The maximum atomic E-state index is 6.20. The summed E-state index contributed by atoms with van der Waals surface area (Å²) in [7, 11) is 0. The van der Waals surface area contributed by atoms with Gasteiger partial charge in [-0.1, -0.05) is 43.6 Å². The van der Waals surface area contributed by atoms with Crippen molar-refractivity contribution in [2.75, 3.05) is 11.9 Å². The summed E-state index contributed by atoms with van der Waals surface area (Å²) in [4.78, 5) is 0. The zero-order valence-corrected chi connectivity index (χ0v) is 12.9. The second kappa shape index (κ2) is 4.41. The predicted octanol–water partition coefficient (Wildman–Crippen LogP) is 4.79. The van der Waals surface area contributed by atoms with Gasteiger partial charge in [-0.2, -0.15) is 0 Å². The van der Waals surface area contributed by atoms with Gasteiger partial charge in [0.1, 0.15) is 5.75 Å². The third kappa shape index (κ3) is 1.86. The summed E-state index contributed by atoms with van der Waals surface area (Å²) in [6.07, 6.45) is 0. The SMILES string of the molecule is CC1(C)c2ccccc2N[C@@H]2c3cc(Cl)ccc3OC[C@H]21. The van der Waals surface area contributed by atoms with Crippen molar-refractivity contribution in [3.63, 3.8) is 0 Å². The molecule has 2 aromatic rings. The van der Waals surface area contributed by atoms with Crippen molar-refractivity contribution in [3.8, 4) is 5.75 Å². The number of anilines is 1. The van der Waals surface area contributed by atoms with Crippen molar-refractivity contribution >= 4 is 17.3 Å². The van der Waals surface area contributed by atoms with Crippen LogP contribution in [0.25, 0.3) is 0 Å². The maximum Gasteiger partial charge on any atom is 0.124 e. The molecule has 0 amide bonds. The first kappa shape index (κ1) is 13.0. The first-order valence-corrected chi connectivity index (χ1v) is 7.73. The van der Waals surface area contributed by atoms with Crippen LogP contribution in [-0.2, 0) is 5.41 Å². The number of para-hydroxylation sites is 1. The number of nitrogens with one attached hydrogen (secondary N) is 1. The predicted molar refractivity (Wildman–Crippen MR) is 86.3 cm³/mol. The lowest BCUT2D eigenvalue weighted by Gasteiger charge is -2.48. The molecule has 108 valence electrons. The Morgan fingerprint density at radius 1 is 1.19 bits per heavy atom. The highest BCUT2D eigenvalue weighted by molar-refractivity contribution is 6.30. The van der Waals surface area contributed by atoms with E-state index in [-0.39, 0.29) is 11.5 Å². The molecule has 2 atom stereocenters. The fourth-order valence-corrected chi connectivity index (χ4v) is 3.91. The summed E-state index contributed by atoms with van der Waals surface area (Å²) < 4.78 is 6.00. The Morgan fingerprint density at radius 2 is 2.00 bits per heavy atom. The zero-order valence-electron chi connectivity index (χ0n) is 12.2. The highest BCUT2D eigenvalue weighted by Gasteiger charge is 2.46. The lowest BCUT2D eigenvalue weighted by Crippen LogP contribution is -2.46. The summed E-state index contributed by atoms with van der Waals surface area (Å²) in [5.41, 5.74) is 3.81. The van der Waals surface area contributed by atoms with Gasteiger partial charge < -0.3 is 10.1 Å². The molecule has 0 saturated carbocycles. The third-order valence-electron chi connectivity index (χ3n) is 4.99. The molecular weight excluding hydrogens is 282 g/mol. The lowest BCUT2D eigenvalue weighted by atomic mass is 9.65. The average molecular weight is 300 g/mol. The monoisotopic (exact) mass is 299 g/mol. The fraction of sp³-hybridized carbons (Fsp3) is 0.333. The maximum absolute atomic E-state index is 6.20. The molecule has 0 aromatic heterocycles. The highest BCUT2D eigenvalue weighted by atomic mass is 35.5. The van der Waals surface area contributed by atoms with Crippen LogP contribution < -0.4 is 10.1 Å². The molecule has 3 heteroatoms.